The van der Waals surface area contributed by atoms with E-state index in [9.17, 15) is 0 Å². The van der Waals surface area contributed by atoms with Gasteiger partial charge in [-0.3, -0.25) is 0 Å². The molecular weight excluding hydrogens is 226 g/mol. The first-order chi connectivity index (χ1) is 8.70. The maximum atomic E-state index is 6.04. The van der Waals surface area contributed by atoms with Gasteiger partial charge >= 0.3 is 0 Å². The molecule has 1 aliphatic carbocycles. The molecule has 18 heavy (non-hydrogen) atoms. The Hall–Kier alpha value is -1.00. The van der Waals surface area contributed by atoms with Crippen molar-refractivity contribution in [2.45, 2.75) is 51.7 Å². The zero-order valence-electron chi connectivity index (χ0n) is 11.4. The molecule has 0 saturated heterocycles. The van der Waals surface area contributed by atoms with Crippen molar-refractivity contribution in [1.29, 1.82) is 0 Å². The Labute approximate surface area is 109 Å². The molecule has 1 aromatic heterocycles. The van der Waals surface area contributed by atoms with Crippen LogP contribution in [-0.4, -0.2) is 16.6 Å². The van der Waals surface area contributed by atoms with Crippen molar-refractivity contribution < 1.29 is 4.74 Å². The van der Waals surface area contributed by atoms with Gasteiger partial charge in [0.05, 0.1) is 0 Å². The first kappa shape index (κ1) is 13.4. The maximum Gasteiger partial charge on any atom is 0.160 e. The van der Waals surface area contributed by atoms with Gasteiger partial charge in [-0.1, -0.05) is 13.3 Å². The molecular formula is C14H23N3O. The molecule has 1 saturated carbocycles. The zero-order valence-corrected chi connectivity index (χ0v) is 11.4. The normalized spacial score (nSPS) is 28.3. The molecule has 0 amide bonds. The highest BCUT2D eigenvalue weighted by molar-refractivity contribution is 5.10. The molecule has 0 radical (unpaired) electrons. The summed E-state index contributed by atoms with van der Waals surface area (Å²) in [5.74, 6) is 1.50. The van der Waals surface area contributed by atoms with Gasteiger partial charge in [0.2, 0.25) is 0 Å². The van der Waals surface area contributed by atoms with Gasteiger partial charge in [-0.15, -0.1) is 0 Å². The number of nitrogens with zero attached hydrogens (tertiary/aromatic N) is 2. The van der Waals surface area contributed by atoms with Gasteiger partial charge in [-0.25, -0.2) is 9.97 Å². The third kappa shape index (κ3) is 2.70. The van der Waals surface area contributed by atoms with E-state index in [1.54, 1.807) is 0 Å². The van der Waals surface area contributed by atoms with Crippen molar-refractivity contribution >= 4 is 0 Å². The molecule has 1 aliphatic rings. The summed E-state index contributed by atoms with van der Waals surface area (Å²) in [6, 6.07) is 0. The summed E-state index contributed by atoms with van der Waals surface area (Å²) in [5, 5.41) is 0. The molecule has 0 aromatic carbocycles. The van der Waals surface area contributed by atoms with E-state index in [0.717, 1.165) is 24.2 Å². The predicted octanol–water partition coefficient (Wildman–Crippen LogP) is 2.38. The fraction of sp³-hybridized carbons (Fsp3) is 0.714. The van der Waals surface area contributed by atoms with Crippen LogP contribution >= 0.6 is 0 Å². The van der Waals surface area contributed by atoms with Crippen LogP contribution in [0.15, 0.2) is 12.4 Å². The van der Waals surface area contributed by atoms with Crippen LogP contribution in [-0.2, 0) is 16.9 Å². The van der Waals surface area contributed by atoms with Crippen LogP contribution in [0.2, 0.25) is 0 Å². The molecule has 2 atom stereocenters. The van der Waals surface area contributed by atoms with Gasteiger partial charge in [-0.05, 0) is 32.1 Å². The largest absolute Gasteiger partial charge is 0.367 e. The molecule has 1 fully saturated rings. The lowest BCUT2D eigenvalue weighted by Crippen LogP contribution is -2.37. The van der Waals surface area contributed by atoms with Gasteiger partial charge in [0, 0.05) is 31.1 Å². The Morgan fingerprint density at radius 3 is 2.72 bits per heavy atom. The Morgan fingerprint density at radius 1 is 1.44 bits per heavy atom. The Balaban J connectivity index is 2.27. The second-order valence-electron chi connectivity index (χ2n) is 5.25. The first-order valence-electron chi connectivity index (χ1n) is 6.85. The minimum atomic E-state index is -0.278. The lowest BCUT2D eigenvalue weighted by atomic mass is 9.78. The summed E-state index contributed by atoms with van der Waals surface area (Å²) in [6.07, 6.45) is 8.14. The van der Waals surface area contributed by atoms with E-state index in [1.807, 2.05) is 19.3 Å². The van der Waals surface area contributed by atoms with E-state index in [2.05, 4.69) is 16.9 Å². The SMILES string of the molecule is CCOC1(c2ncc(CN)cn2)CCCC(C)C1. The first-order valence-corrected chi connectivity index (χ1v) is 6.85. The third-order valence-corrected chi connectivity index (χ3v) is 3.72. The van der Waals surface area contributed by atoms with Crippen LogP contribution in [0.1, 0.15) is 50.9 Å². The van der Waals surface area contributed by atoms with Gasteiger partial charge in [-0.2, -0.15) is 0 Å². The van der Waals surface area contributed by atoms with Crippen molar-refractivity contribution in [2.75, 3.05) is 6.61 Å². The smallest absolute Gasteiger partial charge is 0.160 e. The van der Waals surface area contributed by atoms with Gasteiger partial charge in [0.25, 0.3) is 0 Å². The van der Waals surface area contributed by atoms with E-state index in [-0.39, 0.29) is 5.60 Å². The highest BCUT2D eigenvalue weighted by Crippen LogP contribution is 2.41. The van der Waals surface area contributed by atoms with Gasteiger partial charge in [0.1, 0.15) is 5.60 Å². The summed E-state index contributed by atoms with van der Waals surface area (Å²) >= 11 is 0. The fourth-order valence-electron chi connectivity index (χ4n) is 2.87. The molecule has 0 spiro atoms. The minimum Gasteiger partial charge on any atom is -0.367 e. The lowest BCUT2D eigenvalue weighted by molar-refractivity contribution is -0.0881. The van der Waals surface area contributed by atoms with Crippen molar-refractivity contribution in [3.8, 4) is 0 Å². The van der Waals surface area contributed by atoms with Gasteiger partial charge in [0.15, 0.2) is 5.82 Å². The number of hydrogen-bond donors (Lipinski definition) is 1. The lowest BCUT2D eigenvalue weighted by Gasteiger charge is -2.38. The minimum absolute atomic E-state index is 0.278. The topological polar surface area (TPSA) is 61.0 Å². The van der Waals surface area contributed by atoms with Crippen LogP contribution in [0, 0.1) is 5.92 Å². The summed E-state index contributed by atoms with van der Waals surface area (Å²) < 4.78 is 6.04. The van der Waals surface area contributed by atoms with Crippen LogP contribution in [0.5, 0.6) is 0 Å². The molecule has 4 heteroatoms. The van der Waals surface area contributed by atoms with E-state index in [4.69, 9.17) is 10.5 Å². The Morgan fingerprint density at radius 2 is 2.17 bits per heavy atom. The van der Waals surface area contributed by atoms with Crippen molar-refractivity contribution in [3.05, 3.63) is 23.8 Å². The molecule has 0 bridgehead atoms. The average molecular weight is 249 g/mol. The van der Waals surface area contributed by atoms with Crippen LogP contribution in [0.25, 0.3) is 0 Å². The highest BCUT2D eigenvalue weighted by Gasteiger charge is 2.39. The molecule has 100 valence electrons. The molecule has 1 aromatic rings. The predicted molar refractivity (Wildman–Crippen MR) is 70.9 cm³/mol. The van der Waals surface area contributed by atoms with Crippen molar-refractivity contribution in [3.63, 3.8) is 0 Å². The summed E-state index contributed by atoms with van der Waals surface area (Å²) in [7, 11) is 0. The molecule has 0 aliphatic heterocycles. The number of aromatic nitrogens is 2. The average Bonchev–Trinajstić information content (AvgIpc) is 2.39. The Kier molecular flexibility index (Phi) is 4.30. The summed E-state index contributed by atoms with van der Waals surface area (Å²) in [6.45, 7) is 5.50. The number of hydrogen-bond acceptors (Lipinski definition) is 4. The monoisotopic (exact) mass is 249 g/mol. The van der Waals surface area contributed by atoms with E-state index >= 15 is 0 Å². The van der Waals surface area contributed by atoms with Crippen LogP contribution < -0.4 is 5.73 Å². The van der Waals surface area contributed by atoms with Crippen LogP contribution in [0.3, 0.4) is 0 Å². The number of rotatable bonds is 4. The summed E-state index contributed by atoms with van der Waals surface area (Å²) in [5.41, 5.74) is 6.27. The molecule has 2 N–H and O–H groups in total. The van der Waals surface area contributed by atoms with E-state index in [0.29, 0.717) is 19.1 Å². The number of ether oxygens (including phenoxy) is 1. The third-order valence-electron chi connectivity index (χ3n) is 3.72. The van der Waals surface area contributed by atoms with E-state index in [1.165, 1.54) is 12.8 Å². The zero-order chi connectivity index (χ0) is 13.0. The molecule has 1 heterocycles. The quantitative estimate of drug-likeness (QED) is 0.890. The Bertz CT molecular complexity index is 375. The maximum absolute atomic E-state index is 6.04. The van der Waals surface area contributed by atoms with Crippen molar-refractivity contribution in [1.82, 2.24) is 9.97 Å². The second kappa shape index (κ2) is 5.76. The summed E-state index contributed by atoms with van der Waals surface area (Å²) in [4.78, 5) is 8.96. The highest BCUT2D eigenvalue weighted by atomic mass is 16.5. The van der Waals surface area contributed by atoms with Gasteiger partial charge < -0.3 is 10.5 Å². The standard InChI is InChI=1S/C14H23N3O/c1-3-18-14(6-4-5-11(2)7-14)13-16-9-12(8-15)10-17-13/h9-11H,3-8,15H2,1-2H3. The molecule has 2 unspecified atom stereocenters. The van der Waals surface area contributed by atoms with E-state index < -0.39 is 0 Å². The fourth-order valence-corrected chi connectivity index (χ4v) is 2.87. The van der Waals surface area contributed by atoms with Crippen LogP contribution in [0.4, 0.5) is 0 Å². The molecule has 2 rings (SSSR count). The van der Waals surface area contributed by atoms with Crippen molar-refractivity contribution in [2.24, 2.45) is 11.7 Å². The second-order valence-corrected chi connectivity index (χ2v) is 5.25. The number of nitrogens with two attached hydrogens (primary N) is 1. The molecule has 4 nitrogen and oxygen atoms in total.